The molecule has 0 aliphatic carbocycles. The van der Waals surface area contributed by atoms with E-state index in [2.05, 4.69) is 25.3 Å². The highest BCUT2D eigenvalue weighted by Crippen LogP contribution is 2.30. The van der Waals surface area contributed by atoms with E-state index in [0.29, 0.717) is 21.0 Å². The molecule has 2 aromatic carbocycles. The van der Waals surface area contributed by atoms with Gasteiger partial charge in [-0.1, -0.05) is 18.2 Å². The van der Waals surface area contributed by atoms with E-state index in [-0.39, 0.29) is 9.79 Å². The van der Waals surface area contributed by atoms with Crippen molar-refractivity contribution >= 4 is 43.0 Å². The van der Waals surface area contributed by atoms with Gasteiger partial charge in [0.1, 0.15) is 5.01 Å². The van der Waals surface area contributed by atoms with Gasteiger partial charge in [-0.3, -0.25) is 0 Å². The highest BCUT2D eigenvalue weighted by atomic mass is 79.9. The maximum absolute atomic E-state index is 12.7. The van der Waals surface area contributed by atoms with Crippen LogP contribution in [0.4, 0.5) is 5.69 Å². The predicted octanol–water partition coefficient (Wildman–Crippen LogP) is 3.38. The highest BCUT2D eigenvalue weighted by Gasteiger charge is 2.19. The summed E-state index contributed by atoms with van der Waals surface area (Å²) in [5, 5.41) is 0.601. The molecule has 0 amide bonds. The molecule has 0 unspecified atom stereocenters. The first-order valence-corrected chi connectivity index (χ1v) is 9.22. The number of hydrogen-bond donors (Lipinski definition) is 1. The number of benzene rings is 2. The molecule has 22 heavy (non-hydrogen) atoms. The van der Waals surface area contributed by atoms with Crippen LogP contribution in [-0.2, 0) is 9.84 Å². The number of hydrogen-bond acceptors (Lipinski definition) is 6. The van der Waals surface area contributed by atoms with E-state index in [9.17, 15) is 8.42 Å². The predicted molar refractivity (Wildman–Crippen MR) is 89.4 cm³/mol. The molecule has 0 spiro atoms. The minimum atomic E-state index is -3.62. The topological polar surface area (TPSA) is 85.9 Å². The molecule has 0 fully saturated rings. The number of nitrogens with zero attached hydrogens (tertiary/aromatic N) is 2. The largest absolute Gasteiger partial charge is 0.399 e. The smallest absolute Gasteiger partial charge is 0.209 e. The van der Waals surface area contributed by atoms with E-state index in [1.54, 1.807) is 42.5 Å². The fourth-order valence-corrected chi connectivity index (χ4v) is 4.39. The molecular weight excluding hydrogens is 386 g/mol. The number of sulfone groups is 1. The quantitative estimate of drug-likeness (QED) is 0.686. The lowest BCUT2D eigenvalue weighted by Gasteiger charge is -2.07. The van der Waals surface area contributed by atoms with Crippen LogP contribution in [0.25, 0.3) is 10.6 Å². The Morgan fingerprint density at radius 2 is 1.77 bits per heavy atom. The second-order valence-corrected chi connectivity index (χ2v) is 7.89. The van der Waals surface area contributed by atoms with E-state index < -0.39 is 9.84 Å². The summed E-state index contributed by atoms with van der Waals surface area (Å²) < 4.78 is 29.8. The van der Waals surface area contributed by atoms with Crippen molar-refractivity contribution in [2.45, 2.75) is 9.79 Å². The minimum Gasteiger partial charge on any atom is -0.399 e. The van der Waals surface area contributed by atoms with Gasteiger partial charge < -0.3 is 5.73 Å². The van der Waals surface area contributed by atoms with Crippen molar-refractivity contribution in [2.75, 3.05) is 5.73 Å². The molecule has 3 rings (SSSR count). The summed E-state index contributed by atoms with van der Waals surface area (Å²) in [5.41, 5.74) is 6.84. The molecule has 5 nitrogen and oxygen atoms in total. The molecule has 3 aromatic rings. The summed E-state index contributed by atoms with van der Waals surface area (Å²) in [5.74, 6) is 0. The number of nitrogens with two attached hydrogens (primary N) is 1. The van der Waals surface area contributed by atoms with Gasteiger partial charge in [-0.25, -0.2) is 13.4 Å². The van der Waals surface area contributed by atoms with Crippen molar-refractivity contribution in [3.05, 3.63) is 53.3 Å². The Morgan fingerprint density at radius 3 is 2.41 bits per heavy atom. The molecule has 8 heteroatoms. The van der Waals surface area contributed by atoms with Crippen molar-refractivity contribution in [3.8, 4) is 10.6 Å². The van der Waals surface area contributed by atoms with E-state index in [4.69, 9.17) is 5.73 Å². The van der Waals surface area contributed by atoms with Gasteiger partial charge in [-0.2, -0.15) is 4.37 Å². The van der Waals surface area contributed by atoms with Gasteiger partial charge in [0.05, 0.1) is 9.79 Å². The highest BCUT2D eigenvalue weighted by molar-refractivity contribution is 9.10. The molecule has 1 aromatic heterocycles. The zero-order valence-corrected chi connectivity index (χ0v) is 14.3. The molecule has 0 atom stereocenters. The molecule has 2 N–H and O–H groups in total. The zero-order valence-electron chi connectivity index (χ0n) is 11.1. The monoisotopic (exact) mass is 395 g/mol. The van der Waals surface area contributed by atoms with Crippen LogP contribution in [0.15, 0.2) is 63.1 Å². The average Bonchev–Trinajstić information content (AvgIpc) is 2.94. The van der Waals surface area contributed by atoms with Gasteiger partial charge in [0.2, 0.25) is 14.6 Å². The van der Waals surface area contributed by atoms with E-state index in [0.717, 1.165) is 0 Å². The summed E-state index contributed by atoms with van der Waals surface area (Å²) in [7, 11) is -3.62. The third-order valence-corrected chi connectivity index (χ3v) is 6.04. The van der Waals surface area contributed by atoms with Gasteiger partial charge >= 0.3 is 0 Å². The normalized spacial score (nSPS) is 11.5. The van der Waals surface area contributed by atoms with E-state index in [1.165, 1.54) is 17.6 Å². The first-order valence-electron chi connectivity index (χ1n) is 6.17. The van der Waals surface area contributed by atoms with Crippen molar-refractivity contribution in [2.24, 2.45) is 0 Å². The van der Waals surface area contributed by atoms with Gasteiger partial charge in [0.25, 0.3) is 0 Å². The van der Waals surface area contributed by atoms with Crippen LogP contribution in [0.3, 0.4) is 0 Å². The number of halogens is 1. The Labute approximate surface area is 140 Å². The summed E-state index contributed by atoms with van der Waals surface area (Å²) in [6.45, 7) is 0. The van der Waals surface area contributed by atoms with Crippen LogP contribution >= 0.6 is 27.5 Å². The lowest BCUT2D eigenvalue weighted by molar-refractivity contribution is 0.596. The summed E-state index contributed by atoms with van der Waals surface area (Å²) >= 11 is 4.35. The summed E-state index contributed by atoms with van der Waals surface area (Å²) in [4.78, 5) is 4.56. The zero-order chi connectivity index (χ0) is 15.7. The number of anilines is 1. The van der Waals surface area contributed by atoms with Gasteiger partial charge in [-0.05, 0) is 57.8 Å². The van der Waals surface area contributed by atoms with Crippen molar-refractivity contribution in [1.29, 1.82) is 0 Å². The SMILES string of the molecule is Nc1cc(-c2nc(Br)ns2)cc(S(=O)(=O)c2ccccc2)c1. The lowest BCUT2D eigenvalue weighted by Crippen LogP contribution is -2.03. The standard InChI is InChI=1S/C14H10BrN3O2S2/c15-14-17-13(21-18-14)9-6-10(16)8-12(7-9)22(19,20)11-4-2-1-3-5-11/h1-8H,16H2. The molecule has 0 saturated heterocycles. The van der Waals surface area contributed by atoms with Crippen LogP contribution in [0.5, 0.6) is 0 Å². The molecule has 0 radical (unpaired) electrons. The summed E-state index contributed by atoms with van der Waals surface area (Å²) in [6.07, 6.45) is 0. The Bertz CT molecular complexity index is 924. The molecule has 0 saturated carbocycles. The van der Waals surface area contributed by atoms with E-state index in [1.807, 2.05) is 0 Å². The molecule has 0 aliphatic rings. The Hall–Kier alpha value is -1.77. The Kier molecular flexibility index (Phi) is 3.98. The Morgan fingerprint density at radius 1 is 1.05 bits per heavy atom. The van der Waals surface area contributed by atoms with Crippen LogP contribution in [-0.4, -0.2) is 17.8 Å². The molecule has 1 heterocycles. The minimum absolute atomic E-state index is 0.139. The number of nitrogen functional groups attached to an aromatic ring is 1. The molecule has 112 valence electrons. The van der Waals surface area contributed by atoms with Gasteiger partial charge in [0, 0.05) is 11.3 Å². The fraction of sp³-hybridized carbons (Fsp3) is 0. The maximum atomic E-state index is 12.7. The Balaban J connectivity index is 2.14. The fourth-order valence-electron chi connectivity index (χ4n) is 1.96. The maximum Gasteiger partial charge on any atom is 0.209 e. The number of aromatic nitrogens is 2. The third kappa shape index (κ3) is 2.90. The van der Waals surface area contributed by atoms with Crippen molar-refractivity contribution in [3.63, 3.8) is 0 Å². The first-order chi connectivity index (χ1) is 10.5. The first kappa shape index (κ1) is 15.1. The third-order valence-electron chi connectivity index (χ3n) is 2.94. The van der Waals surface area contributed by atoms with Crippen molar-refractivity contribution < 1.29 is 8.42 Å². The molecule has 0 aliphatic heterocycles. The van der Waals surface area contributed by atoms with Crippen LogP contribution < -0.4 is 5.73 Å². The number of rotatable bonds is 3. The molecular formula is C14H10BrN3O2S2. The van der Waals surface area contributed by atoms with Crippen LogP contribution in [0.2, 0.25) is 0 Å². The van der Waals surface area contributed by atoms with Crippen molar-refractivity contribution in [1.82, 2.24) is 9.36 Å². The lowest BCUT2D eigenvalue weighted by atomic mass is 10.2. The summed E-state index contributed by atoms with van der Waals surface area (Å²) in [6, 6.07) is 12.9. The van der Waals surface area contributed by atoms with Crippen LogP contribution in [0, 0.1) is 0 Å². The van der Waals surface area contributed by atoms with E-state index >= 15 is 0 Å². The molecule has 0 bridgehead atoms. The second kappa shape index (κ2) is 5.79. The van der Waals surface area contributed by atoms with Gasteiger partial charge in [0.15, 0.2) is 0 Å². The second-order valence-electron chi connectivity index (χ2n) is 4.48. The van der Waals surface area contributed by atoms with Gasteiger partial charge in [-0.15, -0.1) is 0 Å². The van der Waals surface area contributed by atoms with Crippen LogP contribution in [0.1, 0.15) is 0 Å². The average molecular weight is 396 g/mol.